The number of hydrogen-bond acceptors (Lipinski definition) is 2. The van der Waals surface area contributed by atoms with Crippen LogP contribution in [0.5, 0.6) is 0 Å². The van der Waals surface area contributed by atoms with Crippen LogP contribution >= 0.6 is 0 Å². The number of rotatable bonds is 4. The number of aliphatic hydroxyl groups is 2. The van der Waals surface area contributed by atoms with Gasteiger partial charge in [0.2, 0.25) is 0 Å². The van der Waals surface area contributed by atoms with Crippen LogP contribution < -0.4 is 0 Å². The van der Waals surface area contributed by atoms with E-state index in [1.165, 1.54) is 0 Å². The van der Waals surface area contributed by atoms with Gasteiger partial charge in [-0.2, -0.15) is 0 Å². The van der Waals surface area contributed by atoms with E-state index in [2.05, 4.69) is 0 Å². The lowest BCUT2D eigenvalue weighted by Gasteiger charge is -2.34. The average Bonchev–Trinajstić information content (AvgIpc) is 2.01. The van der Waals surface area contributed by atoms with Gasteiger partial charge >= 0.3 is 0 Å². The third-order valence-electron chi connectivity index (χ3n) is 2.79. The molecular weight excluding hydrogens is 140 g/mol. The molecule has 0 fully saturated rings. The summed E-state index contributed by atoms with van der Waals surface area (Å²) in [7, 11) is 0. The summed E-state index contributed by atoms with van der Waals surface area (Å²) in [4.78, 5) is 0. The lowest BCUT2D eigenvalue weighted by molar-refractivity contribution is -0.0539. The molecule has 2 unspecified atom stereocenters. The third-order valence-corrected chi connectivity index (χ3v) is 2.79. The summed E-state index contributed by atoms with van der Waals surface area (Å²) < 4.78 is 0. The Hall–Kier alpha value is -0.0800. The first-order chi connectivity index (χ1) is 4.98. The van der Waals surface area contributed by atoms with Crippen molar-refractivity contribution in [1.29, 1.82) is 0 Å². The highest BCUT2D eigenvalue weighted by Crippen LogP contribution is 2.31. The summed E-state index contributed by atoms with van der Waals surface area (Å²) in [6.07, 6.45) is 0.572. The van der Waals surface area contributed by atoms with Crippen molar-refractivity contribution in [2.24, 2.45) is 5.41 Å². The fourth-order valence-corrected chi connectivity index (χ4v) is 1.25. The van der Waals surface area contributed by atoms with Crippen LogP contribution in [0.1, 0.15) is 40.5 Å². The summed E-state index contributed by atoms with van der Waals surface area (Å²) in [5, 5.41) is 18.8. The fraction of sp³-hybridized carbons (Fsp3) is 1.00. The zero-order valence-electron chi connectivity index (χ0n) is 7.96. The van der Waals surface area contributed by atoms with E-state index in [0.29, 0.717) is 0 Å². The molecule has 0 saturated heterocycles. The van der Waals surface area contributed by atoms with Crippen molar-refractivity contribution in [1.82, 2.24) is 0 Å². The van der Waals surface area contributed by atoms with E-state index in [9.17, 15) is 5.11 Å². The van der Waals surface area contributed by atoms with Crippen molar-refractivity contribution in [3.8, 4) is 0 Å². The molecule has 0 aromatic rings. The van der Waals surface area contributed by atoms with Gasteiger partial charge in [0, 0.05) is 0 Å². The van der Waals surface area contributed by atoms with Crippen molar-refractivity contribution in [2.45, 2.75) is 52.7 Å². The van der Waals surface area contributed by atoms with E-state index in [-0.39, 0.29) is 5.41 Å². The zero-order valence-corrected chi connectivity index (χ0v) is 7.96. The standard InChI is InChI=1S/C9H20O2/c1-5-9(4,6-2)8(11)7(3)10/h7-8,10-11H,5-6H2,1-4H3. The first-order valence-corrected chi connectivity index (χ1v) is 4.34. The molecule has 68 valence electrons. The highest BCUT2D eigenvalue weighted by molar-refractivity contribution is 4.82. The Balaban J connectivity index is 4.24. The van der Waals surface area contributed by atoms with Crippen LogP contribution in [0, 0.1) is 5.41 Å². The predicted octanol–water partition coefficient (Wildman–Crippen LogP) is 1.55. The summed E-state index contributed by atoms with van der Waals surface area (Å²) in [5.74, 6) is 0. The molecule has 11 heavy (non-hydrogen) atoms. The molecule has 0 amide bonds. The van der Waals surface area contributed by atoms with E-state index >= 15 is 0 Å². The smallest absolute Gasteiger partial charge is 0.0849 e. The molecule has 0 radical (unpaired) electrons. The minimum Gasteiger partial charge on any atom is -0.391 e. The Morgan fingerprint density at radius 1 is 1.18 bits per heavy atom. The fourth-order valence-electron chi connectivity index (χ4n) is 1.25. The summed E-state index contributed by atoms with van der Waals surface area (Å²) in [5.41, 5.74) is -0.131. The second-order valence-corrected chi connectivity index (χ2v) is 3.55. The zero-order chi connectivity index (χ0) is 9.07. The Labute approximate surface area is 69.2 Å². The van der Waals surface area contributed by atoms with Crippen LogP contribution in [0.3, 0.4) is 0 Å². The Morgan fingerprint density at radius 2 is 1.55 bits per heavy atom. The molecule has 0 rings (SSSR count). The average molecular weight is 160 g/mol. The minimum absolute atomic E-state index is 0.131. The molecule has 0 aliphatic heterocycles. The first-order valence-electron chi connectivity index (χ1n) is 4.34. The van der Waals surface area contributed by atoms with E-state index in [4.69, 9.17) is 5.11 Å². The summed E-state index contributed by atoms with van der Waals surface area (Å²) in [6.45, 7) is 7.71. The molecule has 0 aromatic carbocycles. The molecule has 2 atom stereocenters. The number of aliphatic hydroxyl groups excluding tert-OH is 2. The van der Waals surface area contributed by atoms with Gasteiger partial charge in [-0.05, 0) is 25.2 Å². The molecule has 0 heterocycles. The monoisotopic (exact) mass is 160 g/mol. The SMILES string of the molecule is CCC(C)(CC)C(O)C(C)O. The summed E-state index contributed by atoms with van der Waals surface area (Å²) in [6, 6.07) is 0. The van der Waals surface area contributed by atoms with Gasteiger partial charge in [0.15, 0.2) is 0 Å². The van der Waals surface area contributed by atoms with Gasteiger partial charge in [-0.25, -0.2) is 0 Å². The van der Waals surface area contributed by atoms with Crippen LogP contribution in [0.4, 0.5) is 0 Å². The second-order valence-electron chi connectivity index (χ2n) is 3.55. The van der Waals surface area contributed by atoms with Gasteiger partial charge in [0.05, 0.1) is 12.2 Å². The predicted molar refractivity (Wildman–Crippen MR) is 46.4 cm³/mol. The Kier molecular flexibility index (Phi) is 4.04. The molecule has 0 saturated carbocycles. The van der Waals surface area contributed by atoms with Gasteiger partial charge in [-0.1, -0.05) is 20.8 Å². The molecule has 0 aliphatic rings. The van der Waals surface area contributed by atoms with Crippen LogP contribution in [-0.2, 0) is 0 Å². The van der Waals surface area contributed by atoms with Gasteiger partial charge in [-0.3, -0.25) is 0 Å². The minimum atomic E-state index is -0.625. The molecule has 0 aliphatic carbocycles. The van der Waals surface area contributed by atoms with Gasteiger partial charge in [-0.15, -0.1) is 0 Å². The highest BCUT2D eigenvalue weighted by atomic mass is 16.3. The van der Waals surface area contributed by atoms with Gasteiger partial charge < -0.3 is 10.2 Å². The van der Waals surface area contributed by atoms with Crippen LogP contribution in [0.25, 0.3) is 0 Å². The van der Waals surface area contributed by atoms with Crippen molar-refractivity contribution in [3.05, 3.63) is 0 Å². The Morgan fingerprint density at radius 3 is 1.64 bits per heavy atom. The molecule has 2 N–H and O–H groups in total. The van der Waals surface area contributed by atoms with E-state index < -0.39 is 12.2 Å². The lowest BCUT2D eigenvalue weighted by atomic mass is 9.77. The largest absolute Gasteiger partial charge is 0.391 e. The molecule has 0 aromatic heterocycles. The van der Waals surface area contributed by atoms with Crippen LogP contribution in [0.2, 0.25) is 0 Å². The molecule has 0 spiro atoms. The number of hydrogen-bond donors (Lipinski definition) is 2. The summed E-state index contributed by atoms with van der Waals surface area (Å²) >= 11 is 0. The normalized spacial score (nSPS) is 18.0. The first kappa shape index (κ1) is 10.9. The third kappa shape index (κ3) is 2.46. The maximum absolute atomic E-state index is 9.60. The molecule has 0 bridgehead atoms. The van der Waals surface area contributed by atoms with Crippen molar-refractivity contribution in [2.75, 3.05) is 0 Å². The Bertz CT molecular complexity index is 106. The van der Waals surface area contributed by atoms with Crippen LogP contribution in [0.15, 0.2) is 0 Å². The lowest BCUT2D eigenvalue weighted by Crippen LogP contribution is -2.39. The molecule has 2 nitrogen and oxygen atoms in total. The van der Waals surface area contributed by atoms with Crippen molar-refractivity contribution < 1.29 is 10.2 Å². The maximum Gasteiger partial charge on any atom is 0.0849 e. The quantitative estimate of drug-likeness (QED) is 0.655. The van der Waals surface area contributed by atoms with Gasteiger partial charge in [0.1, 0.15) is 0 Å². The van der Waals surface area contributed by atoms with Crippen LogP contribution in [-0.4, -0.2) is 22.4 Å². The van der Waals surface area contributed by atoms with E-state index in [0.717, 1.165) is 12.8 Å². The van der Waals surface area contributed by atoms with E-state index in [1.807, 2.05) is 20.8 Å². The molecule has 2 heteroatoms. The molecular formula is C9H20O2. The highest BCUT2D eigenvalue weighted by Gasteiger charge is 2.32. The second kappa shape index (κ2) is 4.07. The van der Waals surface area contributed by atoms with Gasteiger partial charge in [0.25, 0.3) is 0 Å². The van der Waals surface area contributed by atoms with E-state index in [1.54, 1.807) is 6.92 Å². The maximum atomic E-state index is 9.60. The van der Waals surface area contributed by atoms with Crippen molar-refractivity contribution in [3.63, 3.8) is 0 Å². The van der Waals surface area contributed by atoms with Crippen molar-refractivity contribution >= 4 is 0 Å². The topological polar surface area (TPSA) is 40.5 Å².